The van der Waals surface area contributed by atoms with Crippen molar-refractivity contribution in [2.45, 2.75) is 53.2 Å². The summed E-state index contributed by atoms with van der Waals surface area (Å²) in [7, 11) is 1.98. The maximum absolute atomic E-state index is 4.25. The van der Waals surface area contributed by atoms with E-state index in [1.807, 2.05) is 17.9 Å². The summed E-state index contributed by atoms with van der Waals surface area (Å²) in [4.78, 5) is 2.50. The number of nitrogens with one attached hydrogen (secondary N) is 1. The molecule has 1 aromatic rings. The van der Waals surface area contributed by atoms with E-state index in [2.05, 4.69) is 49.9 Å². The summed E-state index contributed by atoms with van der Waals surface area (Å²) >= 11 is 0. The van der Waals surface area contributed by atoms with Crippen molar-refractivity contribution in [3.05, 3.63) is 17.5 Å². The van der Waals surface area contributed by atoms with Crippen LogP contribution >= 0.6 is 0 Å². The standard InChI is InChI=1S/C14H28N4/c1-11(2)18(12(3)4)8-7-15-9-14-10-16-17(6)13(14)5/h10-12,15H,7-9H2,1-6H3. The maximum atomic E-state index is 4.25. The van der Waals surface area contributed by atoms with E-state index in [-0.39, 0.29) is 0 Å². The molecule has 0 amide bonds. The second-order valence-corrected chi connectivity index (χ2v) is 5.48. The van der Waals surface area contributed by atoms with Gasteiger partial charge in [-0.2, -0.15) is 5.10 Å². The Morgan fingerprint density at radius 3 is 2.33 bits per heavy atom. The second kappa shape index (κ2) is 6.90. The van der Waals surface area contributed by atoms with E-state index in [0.717, 1.165) is 19.6 Å². The highest BCUT2D eigenvalue weighted by Gasteiger charge is 2.12. The van der Waals surface area contributed by atoms with Crippen molar-refractivity contribution >= 4 is 0 Å². The van der Waals surface area contributed by atoms with E-state index in [9.17, 15) is 0 Å². The first-order valence-electron chi connectivity index (χ1n) is 6.87. The molecule has 0 saturated heterocycles. The highest BCUT2D eigenvalue weighted by molar-refractivity contribution is 5.15. The monoisotopic (exact) mass is 252 g/mol. The third-order valence-corrected chi connectivity index (χ3v) is 3.53. The quantitative estimate of drug-likeness (QED) is 0.753. The lowest BCUT2D eigenvalue weighted by Gasteiger charge is -2.30. The van der Waals surface area contributed by atoms with Gasteiger partial charge in [0.25, 0.3) is 0 Å². The first-order valence-corrected chi connectivity index (χ1v) is 6.87. The van der Waals surface area contributed by atoms with Gasteiger partial charge in [-0.05, 0) is 34.6 Å². The molecule has 4 heteroatoms. The zero-order valence-electron chi connectivity index (χ0n) is 12.7. The van der Waals surface area contributed by atoms with E-state index in [0.29, 0.717) is 12.1 Å². The highest BCUT2D eigenvalue weighted by atomic mass is 15.3. The van der Waals surface area contributed by atoms with Gasteiger partial charge < -0.3 is 5.32 Å². The Morgan fingerprint density at radius 2 is 1.89 bits per heavy atom. The molecule has 1 heterocycles. The van der Waals surface area contributed by atoms with E-state index < -0.39 is 0 Å². The smallest absolute Gasteiger partial charge is 0.0537 e. The van der Waals surface area contributed by atoms with Gasteiger partial charge in [0.05, 0.1) is 6.20 Å². The number of nitrogens with zero attached hydrogens (tertiary/aromatic N) is 3. The SMILES string of the molecule is Cc1c(CNCCN(C(C)C)C(C)C)cnn1C. The number of hydrogen-bond acceptors (Lipinski definition) is 3. The fourth-order valence-electron chi connectivity index (χ4n) is 2.26. The number of aryl methyl sites for hydroxylation is 1. The Hall–Kier alpha value is -0.870. The Balaban J connectivity index is 2.32. The molecular formula is C14H28N4. The van der Waals surface area contributed by atoms with Crippen molar-refractivity contribution in [2.75, 3.05) is 13.1 Å². The number of hydrogen-bond donors (Lipinski definition) is 1. The molecule has 1 aromatic heterocycles. The molecule has 0 unspecified atom stereocenters. The molecule has 0 atom stereocenters. The third kappa shape index (κ3) is 4.10. The van der Waals surface area contributed by atoms with Gasteiger partial charge in [0.1, 0.15) is 0 Å². The molecule has 0 aromatic carbocycles. The van der Waals surface area contributed by atoms with E-state index >= 15 is 0 Å². The van der Waals surface area contributed by atoms with Crippen LogP contribution in [0.3, 0.4) is 0 Å². The van der Waals surface area contributed by atoms with Crippen molar-refractivity contribution < 1.29 is 0 Å². The van der Waals surface area contributed by atoms with Gasteiger partial charge in [-0.15, -0.1) is 0 Å². The number of rotatable bonds is 7. The van der Waals surface area contributed by atoms with Crippen LogP contribution in [0.4, 0.5) is 0 Å². The normalized spacial score (nSPS) is 12.1. The van der Waals surface area contributed by atoms with Crippen molar-refractivity contribution in [1.82, 2.24) is 20.0 Å². The predicted molar refractivity (Wildman–Crippen MR) is 76.6 cm³/mol. The molecule has 0 bridgehead atoms. The third-order valence-electron chi connectivity index (χ3n) is 3.53. The molecule has 4 nitrogen and oxygen atoms in total. The van der Waals surface area contributed by atoms with Gasteiger partial charge >= 0.3 is 0 Å². The van der Waals surface area contributed by atoms with E-state index in [4.69, 9.17) is 0 Å². The Morgan fingerprint density at radius 1 is 1.28 bits per heavy atom. The van der Waals surface area contributed by atoms with Gasteiger partial charge in [-0.1, -0.05) is 0 Å². The van der Waals surface area contributed by atoms with Crippen molar-refractivity contribution in [3.63, 3.8) is 0 Å². The molecule has 0 fully saturated rings. The van der Waals surface area contributed by atoms with Crippen LogP contribution in [0, 0.1) is 6.92 Å². The van der Waals surface area contributed by atoms with Crippen LogP contribution in [0.1, 0.15) is 39.0 Å². The fourth-order valence-corrected chi connectivity index (χ4v) is 2.26. The minimum Gasteiger partial charge on any atom is -0.311 e. The average molecular weight is 252 g/mol. The van der Waals surface area contributed by atoms with Gasteiger partial charge in [-0.3, -0.25) is 9.58 Å². The summed E-state index contributed by atoms with van der Waals surface area (Å²) in [6.07, 6.45) is 1.95. The van der Waals surface area contributed by atoms with Crippen molar-refractivity contribution in [2.24, 2.45) is 7.05 Å². The molecule has 0 spiro atoms. The van der Waals surface area contributed by atoms with Gasteiger partial charge in [0.15, 0.2) is 0 Å². The summed E-state index contributed by atoms with van der Waals surface area (Å²) in [5.41, 5.74) is 2.53. The van der Waals surface area contributed by atoms with Crippen LogP contribution in [0.15, 0.2) is 6.20 Å². The average Bonchev–Trinajstić information content (AvgIpc) is 2.59. The number of aromatic nitrogens is 2. The Bertz CT molecular complexity index is 347. The molecule has 0 saturated carbocycles. The van der Waals surface area contributed by atoms with Crippen LogP contribution in [0.25, 0.3) is 0 Å². The lowest BCUT2D eigenvalue weighted by atomic mass is 10.2. The van der Waals surface area contributed by atoms with Gasteiger partial charge in [0, 0.05) is 50.0 Å². The fraction of sp³-hybridized carbons (Fsp3) is 0.786. The molecule has 0 aliphatic heterocycles. The molecule has 18 heavy (non-hydrogen) atoms. The topological polar surface area (TPSA) is 33.1 Å². The molecule has 0 aliphatic carbocycles. The van der Waals surface area contributed by atoms with Gasteiger partial charge in [-0.25, -0.2) is 0 Å². The zero-order chi connectivity index (χ0) is 13.7. The van der Waals surface area contributed by atoms with E-state index in [1.165, 1.54) is 11.3 Å². The minimum absolute atomic E-state index is 0.604. The summed E-state index contributed by atoms with van der Waals surface area (Å²) < 4.78 is 1.92. The van der Waals surface area contributed by atoms with Crippen LogP contribution in [-0.4, -0.2) is 39.9 Å². The summed E-state index contributed by atoms with van der Waals surface area (Å²) in [5, 5.41) is 7.75. The molecule has 104 valence electrons. The van der Waals surface area contributed by atoms with Crippen LogP contribution in [0.2, 0.25) is 0 Å². The van der Waals surface area contributed by atoms with Crippen molar-refractivity contribution in [1.29, 1.82) is 0 Å². The largest absolute Gasteiger partial charge is 0.311 e. The van der Waals surface area contributed by atoms with Crippen molar-refractivity contribution in [3.8, 4) is 0 Å². The molecule has 0 aliphatic rings. The Labute approximate surface area is 111 Å². The summed E-state index contributed by atoms with van der Waals surface area (Å²) in [6.45, 7) is 14.1. The molecule has 1 rings (SSSR count). The van der Waals surface area contributed by atoms with Crippen LogP contribution in [0.5, 0.6) is 0 Å². The summed E-state index contributed by atoms with van der Waals surface area (Å²) in [5.74, 6) is 0. The van der Waals surface area contributed by atoms with Crippen LogP contribution in [-0.2, 0) is 13.6 Å². The highest BCUT2D eigenvalue weighted by Crippen LogP contribution is 2.05. The predicted octanol–water partition coefficient (Wildman–Crippen LogP) is 1.94. The van der Waals surface area contributed by atoms with Crippen LogP contribution < -0.4 is 5.32 Å². The molecule has 0 radical (unpaired) electrons. The molecule has 1 N–H and O–H groups in total. The lowest BCUT2D eigenvalue weighted by Crippen LogP contribution is -2.41. The zero-order valence-corrected chi connectivity index (χ0v) is 12.7. The minimum atomic E-state index is 0.604. The first kappa shape index (κ1) is 15.2. The second-order valence-electron chi connectivity index (χ2n) is 5.48. The maximum Gasteiger partial charge on any atom is 0.0537 e. The lowest BCUT2D eigenvalue weighted by molar-refractivity contribution is 0.176. The van der Waals surface area contributed by atoms with Gasteiger partial charge in [0.2, 0.25) is 0 Å². The Kier molecular flexibility index (Phi) is 5.82. The summed E-state index contributed by atoms with van der Waals surface area (Å²) in [6, 6.07) is 1.21. The van der Waals surface area contributed by atoms with E-state index in [1.54, 1.807) is 0 Å². The molecular weight excluding hydrogens is 224 g/mol. The first-order chi connectivity index (χ1) is 8.43.